The molecule has 0 bridgehead atoms. The van der Waals surface area contributed by atoms with Gasteiger partial charge in [-0.15, -0.1) is 11.3 Å². The lowest BCUT2D eigenvalue weighted by Crippen LogP contribution is -2.51. The number of aryl methyl sites for hydroxylation is 1. The second-order valence-electron chi connectivity index (χ2n) is 18.9. The van der Waals surface area contributed by atoms with Gasteiger partial charge in [-0.2, -0.15) is 0 Å². The van der Waals surface area contributed by atoms with E-state index in [0.29, 0.717) is 12.2 Å². The largest absolute Gasteiger partial charge is 0.413 e. The second kappa shape index (κ2) is 19.4. The predicted octanol–water partition coefficient (Wildman–Crippen LogP) is 12.8. The van der Waals surface area contributed by atoms with Crippen LogP contribution in [0.1, 0.15) is 146 Å². The third kappa shape index (κ3) is 13.8. The van der Waals surface area contributed by atoms with Crippen molar-refractivity contribution >= 4 is 39.8 Å². The summed E-state index contributed by atoms with van der Waals surface area (Å²) >= 11 is 1.69. The monoisotopic (exact) mass is 750 g/mol. The van der Waals surface area contributed by atoms with Gasteiger partial charge in [0.15, 0.2) is 16.6 Å². The van der Waals surface area contributed by atoms with E-state index in [1.807, 2.05) is 0 Å². The van der Waals surface area contributed by atoms with Gasteiger partial charge in [0, 0.05) is 23.3 Å². The van der Waals surface area contributed by atoms with Gasteiger partial charge in [-0.05, 0) is 119 Å². The van der Waals surface area contributed by atoms with Crippen LogP contribution >= 0.6 is 11.3 Å². The van der Waals surface area contributed by atoms with Gasteiger partial charge in [0.2, 0.25) is 0 Å². The molecule has 0 aliphatic carbocycles. The van der Waals surface area contributed by atoms with Crippen LogP contribution in [0.4, 0.5) is 0 Å². The molecule has 0 saturated carbocycles. The average Bonchev–Trinajstić information content (AvgIpc) is 3.39. The van der Waals surface area contributed by atoms with Crippen molar-refractivity contribution in [2.45, 2.75) is 190 Å². The Labute approximate surface area is 315 Å². The van der Waals surface area contributed by atoms with Crippen LogP contribution in [-0.4, -0.2) is 51.3 Å². The van der Waals surface area contributed by atoms with Crippen molar-refractivity contribution in [3.8, 4) is 0 Å². The maximum Gasteiger partial charge on any atom is 0.192 e. The van der Waals surface area contributed by atoms with Crippen LogP contribution in [0.5, 0.6) is 0 Å². The van der Waals surface area contributed by atoms with Crippen LogP contribution in [0.25, 0.3) is 6.08 Å². The number of aromatic nitrogens is 1. The Morgan fingerprint density at radius 3 is 1.98 bits per heavy atom. The number of Topliss-reactive ketones (excluding diaryl/α,β-unsaturated/α-hetero) is 1. The Morgan fingerprint density at radius 2 is 1.50 bits per heavy atom. The zero-order chi connectivity index (χ0) is 38.9. The van der Waals surface area contributed by atoms with Gasteiger partial charge >= 0.3 is 0 Å². The minimum absolute atomic E-state index is 0.0199. The molecule has 0 aliphatic heterocycles. The zero-order valence-corrected chi connectivity index (χ0v) is 38.6. The van der Waals surface area contributed by atoms with E-state index in [-0.39, 0.29) is 46.6 Å². The fourth-order valence-electron chi connectivity index (χ4n) is 6.05. The summed E-state index contributed by atoms with van der Waals surface area (Å²) in [5.74, 6) is 0.504. The van der Waals surface area contributed by atoms with Gasteiger partial charge in [0.25, 0.3) is 0 Å². The summed E-state index contributed by atoms with van der Waals surface area (Å²) in [7, 11) is -4.14. The normalized spacial score (nSPS) is 17.4. The lowest BCUT2D eigenvalue weighted by Gasteiger charge is -2.45. The lowest BCUT2D eigenvalue weighted by atomic mass is 9.68. The number of hydrogen-bond acceptors (Lipinski definition) is 6. The number of aliphatic hydroxyl groups is 1. The summed E-state index contributed by atoms with van der Waals surface area (Å²) in [4.78, 5) is 19.1. The van der Waals surface area contributed by atoms with E-state index < -0.39 is 22.0 Å². The summed E-state index contributed by atoms with van der Waals surface area (Å²) in [5, 5.41) is 13.1. The summed E-state index contributed by atoms with van der Waals surface area (Å²) in [6.07, 6.45) is 10.8. The van der Waals surface area contributed by atoms with Crippen LogP contribution in [0, 0.1) is 30.1 Å². The van der Waals surface area contributed by atoms with Crippen LogP contribution in [-0.2, 0) is 13.6 Å². The van der Waals surface area contributed by atoms with E-state index in [4.69, 9.17) is 8.85 Å². The van der Waals surface area contributed by atoms with Gasteiger partial charge in [0.05, 0.1) is 22.9 Å². The van der Waals surface area contributed by atoms with E-state index in [0.717, 1.165) is 49.2 Å². The van der Waals surface area contributed by atoms with Crippen molar-refractivity contribution < 1.29 is 18.8 Å². The molecule has 1 heterocycles. The van der Waals surface area contributed by atoms with E-state index in [1.165, 1.54) is 11.1 Å². The molecule has 1 aromatic rings. The van der Waals surface area contributed by atoms with E-state index in [2.05, 4.69) is 146 Å². The third-order valence-electron chi connectivity index (χ3n) is 12.2. The number of ketones is 1. The Kier molecular flexibility index (Phi) is 18.3. The highest BCUT2D eigenvalue weighted by Gasteiger charge is 2.47. The smallest absolute Gasteiger partial charge is 0.192 e. The standard InChI is InChI=1S/C42H79NO4SSi2/c1-19-21-36(39(45)42(13,14)33(5)26-27-44)38(47-50(17,18)41(10,11)12)31(3)23-20-22-30(2)24-25-37(46-49(15,16)40(7,8)9)32(4)28-35-29-48-34(6)43-35/h24,28-29,31,33,36-38,44H,19-23,25-27H2,1-18H3/b30-24?,32-28+/t31?,33?,36-,37+,38+/m1/s1. The maximum atomic E-state index is 14.4. The number of carbonyl (C=O) groups is 1. The summed E-state index contributed by atoms with van der Waals surface area (Å²) in [6, 6.07) is 0. The summed E-state index contributed by atoms with van der Waals surface area (Å²) in [6.45, 7) is 40.5. The van der Waals surface area contributed by atoms with Crippen LogP contribution in [0.3, 0.4) is 0 Å². The molecular weight excluding hydrogens is 671 g/mol. The minimum Gasteiger partial charge on any atom is -0.413 e. The number of allylic oxidation sites excluding steroid dienone is 1. The maximum absolute atomic E-state index is 14.4. The number of thiazole rings is 1. The van der Waals surface area contributed by atoms with E-state index >= 15 is 0 Å². The van der Waals surface area contributed by atoms with Gasteiger partial charge in [-0.3, -0.25) is 4.79 Å². The van der Waals surface area contributed by atoms with Crippen molar-refractivity contribution in [3.05, 3.63) is 33.3 Å². The van der Waals surface area contributed by atoms with Crippen molar-refractivity contribution in [1.82, 2.24) is 4.98 Å². The molecule has 0 aromatic carbocycles. The third-order valence-corrected chi connectivity index (χ3v) is 22.0. The molecule has 0 saturated heterocycles. The minimum atomic E-state index is -2.15. The summed E-state index contributed by atoms with van der Waals surface area (Å²) < 4.78 is 14.3. The molecule has 290 valence electrons. The van der Waals surface area contributed by atoms with Gasteiger partial charge in [-0.1, -0.05) is 94.2 Å². The fourth-order valence-corrected chi connectivity index (χ4v) is 9.40. The predicted molar refractivity (Wildman–Crippen MR) is 224 cm³/mol. The number of aliphatic hydroxyl groups excluding tert-OH is 1. The van der Waals surface area contributed by atoms with Crippen LogP contribution < -0.4 is 0 Å². The van der Waals surface area contributed by atoms with Crippen molar-refractivity contribution in [1.29, 1.82) is 0 Å². The Hall–Kier alpha value is -0.906. The highest BCUT2D eigenvalue weighted by atomic mass is 32.1. The molecule has 2 unspecified atom stereocenters. The van der Waals surface area contributed by atoms with E-state index in [1.54, 1.807) is 11.3 Å². The van der Waals surface area contributed by atoms with Gasteiger partial charge in [-0.25, -0.2) is 4.98 Å². The van der Waals surface area contributed by atoms with Crippen LogP contribution in [0.2, 0.25) is 36.3 Å². The first-order chi connectivity index (χ1) is 22.7. The highest BCUT2D eigenvalue weighted by molar-refractivity contribution is 7.09. The molecule has 0 radical (unpaired) electrons. The number of hydrogen-bond donors (Lipinski definition) is 1. The molecular formula is C42H79NO4SSi2. The van der Waals surface area contributed by atoms with E-state index in [9.17, 15) is 9.90 Å². The molecule has 5 atom stereocenters. The average molecular weight is 750 g/mol. The molecule has 1 aromatic heterocycles. The molecule has 50 heavy (non-hydrogen) atoms. The van der Waals surface area contributed by atoms with Crippen molar-refractivity contribution in [2.24, 2.45) is 23.2 Å². The zero-order valence-electron chi connectivity index (χ0n) is 35.8. The second-order valence-corrected chi connectivity index (χ2v) is 29.5. The fraction of sp³-hybridized carbons (Fsp3) is 0.810. The molecule has 0 fully saturated rings. The SMILES string of the molecule is CCC[C@@H](C(=O)C(C)(C)C(C)CCO)[C@@H](O[Si](C)(C)C(C)(C)C)C(C)CCCC(C)=CC[C@H](O[Si](C)(C)C(C)(C)C)/C(C)=C/c1csc(C)n1. The first kappa shape index (κ1) is 47.1. The number of carbonyl (C=O) groups excluding carboxylic acids is 1. The van der Waals surface area contributed by atoms with Gasteiger partial charge < -0.3 is 14.0 Å². The topological polar surface area (TPSA) is 68.7 Å². The Balaban J connectivity index is 3.28. The number of rotatable bonds is 21. The van der Waals surface area contributed by atoms with Crippen molar-refractivity contribution in [2.75, 3.05) is 6.61 Å². The molecule has 1 rings (SSSR count). The quantitative estimate of drug-likeness (QED) is 0.100. The lowest BCUT2D eigenvalue weighted by molar-refractivity contribution is -0.139. The Bertz CT molecular complexity index is 1250. The number of nitrogens with zero attached hydrogens (tertiary/aromatic N) is 1. The molecule has 0 aliphatic rings. The molecule has 8 heteroatoms. The Morgan fingerprint density at radius 1 is 0.940 bits per heavy atom. The van der Waals surface area contributed by atoms with Crippen molar-refractivity contribution in [3.63, 3.8) is 0 Å². The first-order valence-electron chi connectivity index (χ1n) is 19.5. The highest BCUT2D eigenvalue weighted by Crippen LogP contribution is 2.43. The summed E-state index contributed by atoms with van der Waals surface area (Å²) in [5.41, 5.74) is 3.11. The first-order valence-corrected chi connectivity index (χ1v) is 26.2. The molecule has 0 amide bonds. The van der Waals surface area contributed by atoms with Gasteiger partial charge in [0.1, 0.15) is 5.78 Å². The molecule has 5 nitrogen and oxygen atoms in total. The molecule has 0 spiro atoms. The molecule has 1 N–H and O–H groups in total. The van der Waals surface area contributed by atoms with Crippen LogP contribution in [0.15, 0.2) is 22.6 Å².